The van der Waals surface area contributed by atoms with E-state index < -0.39 is 17.6 Å². The Morgan fingerprint density at radius 3 is 2.71 bits per heavy atom. The van der Waals surface area contributed by atoms with Gasteiger partial charge in [0.15, 0.2) is 0 Å². The molecular weight excluding hydrogens is 288 g/mol. The van der Waals surface area contributed by atoms with Crippen LogP contribution in [0.4, 0.5) is 17.6 Å². The predicted molar refractivity (Wildman–Crippen MR) is 68.3 cm³/mol. The molecule has 0 fully saturated rings. The number of hydrogen-bond donors (Lipinski definition) is 1. The van der Waals surface area contributed by atoms with E-state index in [0.29, 0.717) is 18.3 Å². The molecule has 0 unspecified atom stereocenters. The summed E-state index contributed by atoms with van der Waals surface area (Å²) in [5, 5.41) is 10.4. The van der Waals surface area contributed by atoms with E-state index in [2.05, 4.69) is 15.6 Å². The third-order valence-corrected chi connectivity index (χ3v) is 2.85. The minimum atomic E-state index is -4.54. The quantitative estimate of drug-likeness (QED) is 0.682. The van der Waals surface area contributed by atoms with Gasteiger partial charge in [-0.3, -0.25) is 0 Å². The molecule has 0 radical (unpaired) electrons. The third-order valence-electron chi connectivity index (χ3n) is 2.85. The SMILES string of the molecule is CCCNCc1cnnn1-c1cc(C(F)(F)F)ccc1F. The van der Waals surface area contributed by atoms with Crippen LogP contribution in [0, 0.1) is 5.82 Å². The highest BCUT2D eigenvalue weighted by Gasteiger charge is 2.31. The van der Waals surface area contributed by atoms with Crippen LogP contribution in [-0.4, -0.2) is 21.5 Å². The van der Waals surface area contributed by atoms with E-state index >= 15 is 0 Å². The van der Waals surface area contributed by atoms with Crippen molar-refractivity contribution in [1.82, 2.24) is 20.3 Å². The number of halogens is 4. The molecule has 0 aliphatic rings. The van der Waals surface area contributed by atoms with Crippen LogP contribution in [0.5, 0.6) is 0 Å². The molecular formula is C13H14F4N4. The zero-order valence-corrected chi connectivity index (χ0v) is 11.3. The van der Waals surface area contributed by atoms with Crippen molar-refractivity contribution < 1.29 is 17.6 Å². The Morgan fingerprint density at radius 1 is 1.29 bits per heavy atom. The van der Waals surface area contributed by atoms with Crippen molar-refractivity contribution in [1.29, 1.82) is 0 Å². The second kappa shape index (κ2) is 6.21. The minimum absolute atomic E-state index is 0.268. The summed E-state index contributed by atoms with van der Waals surface area (Å²) >= 11 is 0. The van der Waals surface area contributed by atoms with E-state index in [1.807, 2.05) is 6.92 Å². The van der Waals surface area contributed by atoms with Crippen molar-refractivity contribution in [3.05, 3.63) is 41.5 Å². The smallest absolute Gasteiger partial charge is 0.311 e. The number of nitrogens with one attached hydrogen (secondary N) is 1. The van der Waals surface area contributed by atoms with E-state index in [4.69, 9.17) is 0 Å². The first-order valence-electron chi connectivity index (χ1n) is 6.41. The Labute approximate surface area is 118 Å². The van der Waals surface area contributed by atoms with Crippen LogP contribution in [0.1, 0.15) is 24.6 Å². The van der Waals surface area contributed by atoms with Gasteiger partial charge in [-0.1, -0.05) is 12.1 Å². The first-order chi connectivity index (χ1) is 9.93. The zero-order valence-electron chi connectivity index (χ0n) is 11.3. The molecule has 1 heterocycles. The van der Waals surface area contributed by atoms with Gasteiger partial charge in [-0.25, -0.2) is 9.07 Å². The van der Waals surface area contributed by atoms with Crippen molar-refractivity contribution in [3.8, 4) is 5.69 Å². The average molecular weight is 302 g/mol. The monoisotopic (exact) mass is 302 g/mol. The molecule has 114 valence electrons. The molecule has 0 saturated heterocycles. The highest BCUT2D eigenvalue weighted by Crippen LogP contribution is 2.31. The maximum absolute atomic E-state index is 13.8. The number of rotatable bonds is 5. The van der Waals surface area contributed by atoms with Gasteiger partial charge in [-0.15, -0.1) is 5.10 Å². The Bertz CT molecular complexity index is 606. The van der Waals surface area contributed by atoms with Crippen molar-refractivity contribution in [2.24, 2.45) is 0 Å². The lowest BCUT2D eigenvalue weighted by Crippen LogP contribution is -2.17. The second-order valence-electron chi connectivity index (χ2n) is 4.48. The van der Waals surface area contributed by atoms with Crippen LogP contribution >= 0.6 is 0 Å². The molecule has 0 saturated carbocycles. The molecule has 0 aliphatic heterocycles. The Hall–Kier alpha value is -1.96. The molecule has 2 aromatic rings. The summed E-state index contributed by atoms with van der Waals surface area (Å²) in [4.78, 5) is 0. The van der Waals surface area contributed by atoms with Crippen LogP contribution in [0.25, 0.3) is 5.69 Å². The lowest BCUT2D eigenvalue weighted by atomic mass is 10.2. The van der Waals surface area contributed by atoms with Gasteiger partial charge in [0, 0.05) is 6.54 Å². The average Bonchev–Trinajstić information content (AvgIpc) is 2.86. The maximum Gasteiger partial charge on any atom is 0.416 e. The normalized spacial score (nSPS) is 11.9. The van der Waals surface area contributed by atoms with Gasteiger partial charge in [0.05, 0.1) is 17.5 Å². The number of alkyl halides is 3. The first kappa shape index (κ1) is 15.4. The van der Waals surface area contributed by atoms with Crippen molar-refractivity contribution >= 4 is 0 Å². The molecule has 0 aliphatic carbocycles. The fraction of sp³-hybridized carbons (Fsp3) is 0.385. The Morgan fingerprint density at radius 2 is 2.05 bits per heavy atom. The van der Waals surface area contributed by atoms with Crippen molar-refractivity contribution in [2.45, 2.75) is 26.1 Å². The molecule has 21 heavy (non-hydrogen) atoms. The fourth-order valence-corrected chi connectivity index (χ4v) is 1.82. The summed E-state index contributed by atoms with van der Waals surface area (Å²) in [5.41, 5.74) is -0.709. The van der Waals surface area contributed by atoms with Crippen molar-refractivity contribution in [3.63, 3.8) is 0 Å². The summed E-state index contributed by atoms with van der Waals surface area (Å²) in [6.07, 6.45) is -2.24. The fourth-order valence-electron chi connectivity index (χ4n) is 1.82. The molecule has 0 atom stereocenters. The minimum Gasteiger partial charge on any atom is -0.311 e. The summed E-state index contributed by atoms with van der Waals surface area (Å²) < 4.78 is 53.0. The van der Waals surface area contributed by atoms with Gasteiger partial charge in [0.2, 0.25) is 0 Å². The van der Waals surface area contributed by atoms with E-state index in [1.165, 1.54) is 6.20 Å². The van der Waals surface area contributed by atoms with Gasteiger partial charge in [-0.2, -0.15) is 13.2 Å². The number of nitrogens with zero attached hydrogens (tertiary/aromatic N) is 3. The van der Waals surface area contributed by atoms with Crippen LogP contribution < -0.4 is 5.32 Å². The van der Waals surface area contributed by atoms with Crippen LogP contribution in [-0.2, 0) is 12.7 Å². The molecule has 4 nitrogen and oxygen atoms in total. The highest BCUT2D eigenvalue weighted by atomic mass is 19.4. The van der Waals surface area contributed by atoms with Gasteiger partial charge in [0.25, 0.3) is 0 Å². The number of aromatic nitrogens is 3. The molecule has 8 heteroatoms. The molecule has 1 aromatic carbocycles. The van der Waals surface area contributed by atoms with Gasteiger partial charge in [-0.05, 0) is 31.2 Å². The van der Waals surface area contributed by atoms with Gasteiger partial charge < -0.3 is 5.32 Å². The third kappa shape index (κ3) is 3.57. The van der Waals surface area contributed by atoms with Crippen molar-refractivity contribution in [2.75, 3.05) is 6.54 Å². The molecule has 1 N–H and O–H groups in total. The Balaban J connectivity index is 2.36. The van der Waals surface area contributed by atoms with Gasteiger partial charge >= 0.3 is 6.18 Å². The van der Waals surface area contributed by atoms with Crippen LogP contribution in [0.2, 0.25) is 0 Å². The lowest BCUT2D eigenvalue weighted by molar-refractivity contribution is -0.137. The second-order valence-corrected chi connectivity index (χ2v) is 4.48. The predicted octanol–water partition coefficient (Wildman–Crippen LogP) is 2.92. The molecule has 0 spiro atoms. The molecule has 0 bridgehead atoms. The topological polar surface area (TPSA) is 42.7 Å². The van der Waals surface area contributed by atoms with E-state index in [0.717, 1.165) is 29.8 Å². The standard InChI is InChI=1S/C13H14F4N4/c1-2-5-18-7-10-8-19-20-21(10)12-6-9(13(15,16)17)3-4-11(12)14/h3-4,6,8,18H,2,5,7H2,1H3. The number of benzene rings is 1. The summed E-state index contributed by atoms with van der Waals surface area (Å²) in [7, 11) is 0. The van der Waals surface area contributed by atoms with Crippen LogP contribution in [0.15, 0.2) is 24.4 Å². The lowest BCUT2D eigenvalue weighted by Gasteiger charge is -2.11. The maximum atomic E-state index is 13.8. The summed E-state index contributed by atoms with van der Waals surface area (Å²) in [6.45, 7) is 3.06. The van der Waals surface area contributed by atoms with E-state index in [9.17, 15) is 17.6 Å². The highest BCUT2D eigenvalue weighted by molar-refractivity contribution is 5.38. The van der Waals surface area contributed by atoms with Gasteiger partial charge in [0.1, 0.15) is 11.5 Å². The molecule has 1 aromatic heterocycles. The largest absolute Gasteiger partial charge is 0.416 e. The summed E-state index contributed by atoms with van der Waals surface area (Å²) in [5.74, 6) is -0.787. The zero-order chi connectivity index (χ0) is 15.5. The Kier molecular flexibility index (Phi) is 4.56. The summed E-state index contributed by atoms with van der Waals surface area (Å²) in [6, 6.07) is 2.21. The van der Waals surface area contributed by atoms with E-state index in [-0.39, 0.29) is 5.69 Å². The van der Waals surface area contributed by atoms with Crippen LogP contribution in [0.3, 0.4) is 0 Å². The molecule has 0 amide bonds. The first-order valence-corrected chi connectivity index (χ1v) is 6.41. The molecule has 2 rings (SSSR count). The van der Waals surface area contributed by atoms with E-state index in [1.54, 1.807) is 0 Å². The number of hydrogen-bond acceptors (Lipinski definition) is 3.